The summed E-state index contributed by atoms with van der Waals surface area (Å²) < 4.78 is 5.52. The quantitative estimate of drug-likeness (QED) is 0.734. The fourth-order valence-corrected chi connectivity index (χ4v) is 2.56. The SMILES string of the molecule is CC(C)CC(CCO)CNC(=O)/C=C/c1nc2ccccc2o1. The summed E-state index contributed by atoms with van der Waals surface area (Å²) >= 11 is 0. The number of aliphatic hydroxyl groups is 1. The minimum absolute atomic E-state index is 0.145. The Kier molecular flexibility index (Phi) is 6.35. The largest absolute Gasteiger partial charge is 0.437 e. The number of hydrogen-bond acceptors (Lipinski definition) is 4. The standard InChI is InChI=1S/C18H24N2O3/c1-13(2)11-14(9-10-21)12-19-17(22)7-8-18-20-15-5-3-4-6-16(15)23-18/h3-8,13-14,21H,9-12H2,1-2H3,(H,19,22)/b8-7+. The zero-order valence-electron chi connectivity index (χ0n) is 13.7. The Labute approximate surface area is 136 Å². The van der Waals surface area contributed by atoms with E-state index < -0.39 is 0 Å². The zero-order chi connectivity index (χ0) is 16.7. The molecule has 0 saturated heterocycles. The molecule has 0 fully saturated rings. The smallest absolute Gasteiger partial charge is 0.244 e. The average Bonchev–Trinajstić information content (AvgIpc) is 2.93. The van der Waals surface area contributed by atoms with Crippen molar-refractivity contribution in [1.82, 2.24) is 10.3 Å². The van der Waals surface area contributed by atoms with Crippen LogP contribution in [0.5, 0.6) is 0 Å². The highest BCUT2D eigenvalue weighted by Gasteiger charge is 2.11. The Morgan fingerprint density at radius 2 is 2.17 bits per heavy atom. The summed E-state index contributed by atoms with van der Waals surface area (Å²) in [4.78, 5) is 16.2. The van der Waals surface area contributed by atoms with Crippen molar-refractivity contribution in [3.05, 3.63) is 36.2 Å². The molecule has 5 nitrogen and oxygen atoms in total. The molecular weight excluding hydrogens is 292 g/mol. The van der Waals surface area contributed by atoms with Crippen LogP contribution in [0.4, 0.5) is 0 Å². The number of nitrogens with one attached hydrogen (secondary N) is 1. The molecule has 23 heavy (non-hydrogen) atoms. The molecule has 0 aliphatic heterocycles. The van der Waals surface area contributed by atoms with Crippen molar-refractivity contribution >= 4 is 23.1 Å². The number of para-hydroxylation sites is 2. The molecule has 2 rings (SSSR count). The van der Waals surface area contributed by atoms with Crippen LogP contribution in [-0.4, -0.2) is 29.1 Å². The maximum absolute atomic E-state index is 11.9. The first kappa shape index (κ1) is 17.2. The summed E-state index contributed by atoms with van der Waals surface area (Å²) in [6, 6.07) is 7.47. The molecule has 2 aromatic rings. The first-order valence-electron chi connectivity index (χ1n) is 8.01. The predicted molar refractivity (Wildman–Crippen MR) is 90.7 cm³/mol. The van der Waals surface area contributed by atoms with E-state index >= 15 is 0 Å². The molecule has 1 aromatic heterocycles. The highest BCUT2D eigenvalue weighted by Crippen LogP contribution is 2.16. The predicted octanol–water partition coefficient (Wildman–Crippen LogP) is 3.00. The van der Waals surface area contributed by atoms with Crippen LogP contribution >= 0.6 is 0 Å². The van der Waals surface area contributed by atoms with Crippen molar-refractivity contribution in [3.8, 4) is 0 Å². The Balaban J connectivity index is 1.87. The van der Waals surface area contributed by atoms with Crippen molar-refractivity contribution in [2.24, 2.45) is 11.8 Å². The molecule has 0 spiro atoms. The molecule has 5 heteroatoms. The number of amides is 1. The summed E-state index contributed by atoms with van der Waals surface area (Å²) in [7, 11) is 0. The van der Waals surface area contributed by atoms with Crippen LogP contribution in [0.25, 0.3) is 17.2 Å². The second-order valence-corrected chi connectivity index (χ2v) is 6.11. The molecule has 1 amide bonds. The average molecular weight is 316 g/mol. The molecule has 1 atom stereocenters. The summed E-state index contributed by atoms with van der Waals surface area (Å²) in [5, 5.41) is 12.0. The van der Waals surface area contributed by atoms with Crippen molar-refractivity contribution in [2.75, 3.05) is 13.2 Å². The normalized spacial score (nSPS) is 13.0. The number of hydrogen-bond donors (Lipinski definition) is 2. The van der Waals surface area contributed by atoms with Gasteiger partial charge in [0.15, 0.2) is 5.58 Å². The Morgan fingerprint density at radius 1 is 1.39 bits per heavy atom. The van der Waals surface area contributed by atoms with Gasteiger partial charge in [0.2, 0.25) is 11.8 Å². The Morgan fingerprint density at radius 3 is 2.87 bits per heavy atom. The lowest BCUT2D eigenvalue weighted by Crippen LogP contribution is -2.29. The monoisotopic (exact) mass is 316 g/mol. The van der Waals surface area contributed by atoms with E-state index in [1.165, 1.54) is 6.08 Å². The molecule has 0 saturated carbocycles. The van der Waals surface area contributed by atoms with Gasteiger partial charge < -0.3 is 14.8 Å². The van der Waals surface area contributed by atoms with Crippen LogP contribution in [0.15, 0.2) is 34.8 Å². The van der Waals surface area contributed by atoms with Crippen LogP contribution in [0.3, 0.4) is 0 Å². The fourth-order valence-electron chi connectivity index (χ4n) is 2.56. The number of rotatable bonds is 8. The molecular formula is C18H24N2O3. The minimum Gasteiger partial charge on any atom is -0.437 e. The third-order valence-electron chi connectivity index (χ3n) is 3.59. The van der Waals surface area contributed by atoms with Gasteiger partial charge in [0.1, 0.15) is 5.52 Å². The molecule has 0 aliphatic carbocycles. The molecule has 0 radical (unpaired) electrons. The van der Waals surface area contributed by atoms with E-state index in [0.717, 1.165) is 11.9 Å². The van der Waals surface area contributed by atoms with Gasteiger partial charge in [-0.25, -0.2) is 4.98 Å². The summed E-state index contributed by atoms with van der Waals surface area (Å²) in [6.45, 7) is 4.99. The van der Waals surface area contributed by atoms with Crippen molar-refractivity contribution < 1.29 is 14.3 Å². The van der Waals surface area contributed by atoms with E-state index in [2.05, 4.69) is 24.1 Å². The summed E-state index contributed by atoms with van der Waals surface area (Å²) in [5.41, 5.74) is 1.47. The van der Waals surface area contributed by atoms with Crippen LogP contribution in [0.1, 0.15) is 32.6 Å². The second-order valence-electron chi connectivity index (χ2n) is 6.11. The van der Waals surface area contributed by atoms with Gasteiger partial charge in [-0.3, -0.25) is 4.79 Å². The lowest BCUT2D eigenvalue weighted by Gasteiger charge is -2.18. The molecule has 1 heterocycles. The van der Waals surface area contributed by atoms with E-state index in [9.17, 15) is 4.79 Å². The van der Waals surface area contributed by atoms with E-state index in [4.69, 9.17) is 9.52 Å². The van der Waals surface area contributed by atoms with Crippen LogP contribution in [-0.2, 0) is 4.79 Å². The highest BCUT2D eigenvalue weighted by molar-refractivity contribution is 5.91. The fraction of sp³-hybridized carbons (Fsp3) is 0.444. The summed E-state index contributed by atoms with van der Waals surface area (Å²) in [5.74, 6) is 1.06. The van der Waals surface area contributed by atoms with Crippen LogP contribution in [0, 0.1) is 11.8 Å². The van der Waals surface area contributed by atoms with Gasteiger partial charge in [-0.05, 0) is 36.8 Å². The van der Waals surface area contributed by atoms with E-state index in [-0.39, 0.29) is 12.5 Å². The van der Waals surface area contributed by atoms with E-state index in [1.54, 1.807) is 6.08 Å². The van der Waals surface area contributed by atoms with E-state index in [1.807, 2.05) is 24.3 Å². The number of carbonyl (C=O) groups excluding carboxylic acids is 1. The second kappa shape index (κ2) is 8.48. The van der Waals surface area contributed by atoms with Gasteiger partial charge in [-0.15, -0.1) is 0 Å². The molecule has 124 valence electrons. The molecule has 0 aliphatic rings. The van der Waals surface area contributed by atoms with Gasteiger partial charge in [0.25, 0.3) is 0 Å². The van der Waals surface area contributed by atoms with Gasteiger partial charge >= 0.3 is 0 Å². The number of nitrogens with zero attached hydrogens (tertiary/aromatic N) is 1. The highest BCUT2D eigenvalue weighted by atomic mass is 16.3. The Hall–Kier alpha value is -2.14. The number of fused-ring (bicyclic) bond motifs is 1. The van der Waals surface area contributed by atoms with Crippen LogP contribution in [0.2, 0.25) is 0 Å². The van der Waals surface area contributed by atoms with Crippen LogP contribution < -0.4 is 5.32 Å². The maximum atomic E-state index is 11.9. The number of aliphatic hydroxyl groups excluding tert-OH is 1. The number of oxazole rings is 1. The number of benzene rings is 1. The molecule has 1 aromatic carbocycles. The van der Waals surface area contributed by atoms with Crippen molar-refractivity contribution in [1.29, 1.82) is 0 Å². The molecule has 1 unspecified atom stereocenters. The first-order valence-corrected chi connectivity index (χ1v) is 8.01. The van der Waals surface area contributed by atoms with Gasteiger partial charge in [-0.2, -0.15) is 0 Å². The number of aromatic nitrogens is 1. The maximum Gasteiger partial charge on any atom is 0.244 e. The van der Waals surface area contributed by atoms with Gasteiger partial charge in [0.05, 0.1) is 0 Å². The minimum atomic E-state index is -0.182. The van der Waals surface area contributed by atoms with Gasteiger partial charge in [0, 0.05) is 25.3 Å². The topological polar surface area (TPSA) is 75.4 Å². The van der Waals surface area contributed by atoms with Gasteiger partial charge in [-0.1, -0.05) is 26.0 Å². The van der Waals surface area contributed by atoms with Crippen molar-refractivity contribution in [2.45, 2.75) is 26.7 Å². The lowest BCUT2D eigenvalue weighted by molar-refractivity contribution is -0.116. The third kappa shape index (κ3) is 5.53. The summed E-state index contributed by atoms with van der Waals surface area (Å²) in [6.07, 6.45) is 4.68. The van der Waals surface area contributed by atoms with Crippen molar-refractivity contribution in [3.63, 3.8) is 0 Å². The lowest BCUT2D eigenvalue weighted by atomic mass is 9.94. The molecule has 0 bridgehead atoms. The first-order chi connectivity index (χ1) is 11.1. The molecule has 2 N–H and O–H groups in total. The Bertz CT molecular complexity index is 628. The third-order valence-corrected chi connectivity index (χ3v) is 3.59. The van der Waals surface area contributed by atoms with E-state index in [0.29, 0.717) is 36.3 Å². The number of carbonyl (C=O) groups is 1. The zero-order valence-corrected chi connectivity index (χ0v) is 13.7.